The van der Waals surface area contributed by atoms with Gasteiger partial charge >= 0.3 is 0 Å². The van der Waals surface area contributed by atoms with Crippen molar-refractivity contribution in [1.82, 2.24) is 14.7 Å². The fourth-order valence-electron chi connectivity index (χ4n) is 5.64. The average Bonchev–Trinajstić information content (AvgIpc) is 3.43. The van der Waals surface area contributed by atoms with Gasteiger partial charge in [0, 0.05) is 13.1 Å². The predicted octanol–water partition coefficient (Wildman–Crippen LogP) is 3.79. The molecule has 0 aliphatic carbocycles. The molecule has 2 fully saturated rings. The third kappa shape index (κ3) is 6.69. The number of hydrogen-bond acceptors (Lipinski definition) is 5. The van der Waals surface area contributed by atoms with Gasteiger partial charge in [-0.05, 0) is 55.2 Å². The Hall–Kier alpha value is -3.03. The van der Waals surface area contributed by atoms with Gasteiger partial charge in [0.05, 0.1) is 25.2 Å². The van der Waals surface area contributed by atoms with E-state index in [1.165, 1.54) is 10.5 Å². The molecule has 204 valence electrons. The highest BCUT2D eigenvalue weighted by molar-refractivity contribution is 6.00. The Morgan fingerprint density at radius 3 is 2.21 bits per heavy atom. The number of carbonyl (C=O) groups is 3. The zero-order valence-electron chi connectivity index (χ0n) is 22.8. The Bertz CT molecular complexity index is 1070. The number of rotatable bonds is 9. The molecule has 3 atom stereocenters. The third-order valence-electron chi connectivity index (χ3n) is 8.36. The Labute approximate surface area is 227 Å². The number of benzene rings is 2. The molecule has 2 aromatic carbocycles. The van der Waals surface area contributed by atoms with Gasteiger partial charge in [-0.1, -0.05) is 80.9 Å². The van der Waals surface area contributed by atoms with Crippen LogP contribution in [0.3, 0.4) is 0 Å². The number of imide groups is 1. The van der Waals surface area contributed by atoms with E-state index >= 15 is 0 Å². The maximum absolute atomic E-state index is 13.9. The van der Waals surface area contributed by atoms with E-state index in [4.69, 9.17) is 5.73 Å². The van der Waals surface area contributed by atoms with Gasteiger partial charge in [-0.25, -0.2) is 0 Å². The van der Waals surface area contributed by atoms with Gasteiger partial charge in [-0.3, -0.25) is 24.2 Å². The fraction of sp³-hybridized carbons (Fsp3) is 0.516. The van der Waals surface area contributed by atoms with Gasteiger partial charge in [-0.15, -0.1) is 0 Å². The molecule has 2 heterocycles. The summed E-state index contributed by atoms with van der Waals surface area (Å²) in [6.07, 6.45) is 4.12. The van der Waals surface area contributed by atoms with Crippen molar-refractivity contribution in [2.45, 2.75) is 70.5 Å². The largest absolute Gasteiger partial charge is 0.342 e. The van der Waals surface area contributed by atoms with Crippen LogP contribution in [0.15, 0.2) is 60.7 Å². The van der Waals surface area contributed by atoms with Crippen LogP contribution in [-0.4, -0.2) is 70.7 Å². The van der Waals surface area contributed by atoms with Gasteiger partial charge < -0.3 is 10.6 Å². The van der Waals surface area contributed by atoms with Crippen LogP contribution in [0, 0.1) is 5.92 Å². The monoisotopic (exact) mass is 518 g/mol. The third-order valence-corrected chi connectivity index (χ3v) is 8.36. The molecular weight excluding hydrogens is 476 g/mol. The average molecular weight is 519 g/mol. The zero-order valence-corrected chi connectivity index (χ0v) is 22.8. The van der Waals surface area contributed by atoms with E-state index in [-0.39, 0.29) is 36.7 Å². The minimum atomic E-state index is -0.741. The minimum Gasteiger partial charge on any atom is -0.342 e. The zero-order chi connectivity index (χ0) is 27.1. The van der Waals surface area contributed by atoms with Crippen LogP contribution >= 0.6 is 0 Å². The number of piperidine rings is 1. The van der Waals surface area contributed by atoms with Crippen molar-refractivity contribution in [2.75, 3.05) is 26.2 Å². The van der Waals surface area contributed by atoms with E-state index in [1.807, 2.05) is 60.0 Å². The summed E-state index contributed by atoms with van der Waals surface area (Å²) in [7, 11) is 0. The molecular formula is C31H42N4O3. The van der Waals surface area contributed by atoms with Crippen molar-refractivity contribution in [1.29, 1.82) is 0 Å². The van der Waals surface area contributed by atoms with E-state index in [9.17, 15) is 14.4 Å². The van der Waals surface area contributed by atoms with Crippen LogP contribution < -0.4 is 5.73 Å². The summed E-state index contributed by atoms with van der Waals surface area (Å²) in [6, 6.07) is 18.8. The number of carbonyl (C=O) groups excluding carboxylic acids is 3. The molecule has 2 N–H and O–H groups in total. The van der Waals surface area contributed by atoms with E-state index < -0.39 is 12.1 Å². The first kappa shape index (κ1) is 28.0. The topological polar surface area (TPSA) is 87.0 Å². The van der Waals surface area contributed by atoms with E-state index in [1.54, 1.807) is 0 Å². The molecule has 0 aromatic heterocycles. The highest BCUT2D eigenvalue weighted by Gasteiger charge is 2.39. The molecule has 4 rings (SSSR count). The Kier molecular flexibility index (Phi) is 9.69. The van der Waals surface area contributed by atoms with Gasteiger partial charge in [0.2, 0.25) is 17.7 Å². The van der Waals surface area contributed by atoms with Crippen molar-refractivity contribution in [2.24, 2.45) is 11.7 Å². The Morgan fingerprint density at radius 1 is 0.947 bits per heavy atom. The lowest BCUT2D eigenvalue weighted by Crippen LogP contribution is -2.55. The molecule has 0 unspecified atom stereocenters. The Balaban J connectivity index is 1.41. The predicted molar refractivity (Wildman–Crippen MR) is 149 cm³/mol. The smallest absolute Gasteiger partial charge is 0.246 e. The lowest BCUT2D eigenvalue weighted by molar-refractivity contribution is -0.150. The van der Waals surface area contributed by atoms with Crippen LogP contribution in [0.2, 0.25) is 0 Å². The second-order valence-corrected chi connectivity index (χ2v) is 10.9. The molecule has 0 saturated carbocycles. The maximum Gasteiger partial charge on any atom is 0.246 e. The summed E-state index contributed by atoms with van der Waals surface area (Å²) in [4.78, 5) is 45.8. The molecule has 2 aromatic rings. The van der Waals surface area contributed by atoms with Crippen molar-refractivity contribution in [3.8, 4) is 0 Å². The van der Waals surface area contributed by atoms with Gasteiger partial charge in [0.25, 0.3) is 0 Å². The van der Waals surface area contributed by atoms with Crippen LogP contribution in [-0.2, 0) is 20.9 Å². The first-order chi connectivity index (χ1) is 18.4. The molecule has 0 bridgehead atoms. The normalized spacial score (nSPS) is 20.2. The number of likely N-dealkylation sites (tertiary alicyclic amines) is 2. The first-order valence-corrected chi connectivity index (χ1v) is 14.1. The second kappa shape index (κ2) is 13.2. The molecule has 2 aliphatic heterocycles. The van der Waals surface area contributed by atoms with Gasteiger partial charge in [0.15, 0.2) is 0 Å². The molecule has 7 heteroatoms. The molecule has 0 radical (unpaired) electrons. The first-order valence-electron chi connectivity index (χ1n) is 14.1. The fourth-order valence-corrected chi connectivity index (χ4v) is 5.64. The summed E-state index contributed by atoms with van der Waals surface area (Å²) in [5, 5.41) is 0. The van der Waals surface area contributed by atoms with Crippen LogP contribution in [0.1, 0.15) is 63.0 Å². The quantitative estimate of drug-likeness (QED) is 0.546. The second-order valence-electron chi connectivity index (χ2n) is 10.9. The summed E-state index contributed by atoms with van der Waals surface area (Å²) in [6.45, 7) is 6.46. The van der Waals surface area contributed by atoms with Crippen LogP contribution in [0.5, 0.6) is 0 Å². The standard InChI is InChI=1S/C31H42N4O3/c1-3-23(2)29(32)31(38)35(21-24-11-6-4-7-12-24)30(37)27-15-10-18-34(27)22-28(36)33-19-16-26(17-20-33)25-13-8-5-9-14-25/h4-9,11-14,23,26-27,29H,3,10,15-22,32H2,1-2H3/t23-,27-,29-/m0/s1. The summed E-state index contributed by atoms with van der Waals surface area (Å²) in [5.74, 6) is -0.0733. The summed E-state index contributed by atoms with van der Waals surface area (Å²) in [5.41, 5.74) is 8.53. The van der Waals surface area contributed by atoms with E-state index in [2.05, 4.69) is 24.3 Å². The lowest BCUT2D eigenvalue weighted by Gasteiger charge is -2.35. The molecule has 7 nitrogen and oxygen atoms in total. The lowest BCUT2D eigenvalue weighted by atomic mass is 9.89. The SMILES string of the molecule is CC[C@H](C)[C@H](N)C(=O)N(Cc1ccccc1)C(=O)[C@@H]1CCCN1CC(=O)N1CCC(c2ccccc2)CC1. The van der Waals surface area contributed by atoms with Gasteiger partial charge in [-0.2, -0.15) is 0 Å². The van der Waals surface area contributed by atoms with E-state index in [0.29, 0.717) is 18.9 Å². The Morgan fingerprint density at radius 2 is 1.58 bits per heavy atom. The van der Waals surface area contributed by atoms with E-state index in [0.717, 1.165) is 44.3 Å². The number of amides is 3. The van der Waals surface area contributed by atoms with Gasteiger partial charge in [0.1, 0.15) is 0 Å². The molecule has 3 amide bonds. The molecule has 0 spiro atoms. The van der Waals surface area contributed by atoms with Crippen molar-refractivity contribution in [3.63, 3.8) is 0 Å². The molecule has 2 aliphatic rings. The van der Waals surface area contributed by atoms with Crippen molar-refractivity contribution >= 4 is 17.7 Å². The number of nitrogens with zero attached hydrogens (tertiary/aromatic N) is 3. The summed E-state index contributed by atoms with van der Waals surface area (Å²) >= 11 is 0. The van der Waals surface area contributed by atoms with Crippen LogP contribution in [0.4, 0.5) is 0 Å². The van der Waals surface area contributed by atoms with Crippen molar-refractivity contribution < 1.29 is 14.4 Å². The highest BCUT2D eigenvalue weighted by atomic mass is 16.2. The summed E-state index contributed by atoms with van der Waals surface area (Å²) < 4.78 is 0. The van der Waals surface area contributed by atoms with Crippen molar-refractivity contribution in [3.05, 3.63) is 71.8 Å². The number of hydrogen-bond donors (Lipinski definition) is 1. The minimum absolute atomic E-state index is 0.0337. The maximum atomic E-state index is 13.9. The number of nitrogens with two attached hydrogens (primary N) is 1. The molecule has 38 heavy (non-hydrogen) atoms. The highest BCUT2D eigenvalue weighted by Crippen LogP contribution is 2.28. The molecule has 2 saturated heterocycles. The van der Waals surface area contributed by atoms with Crippen LogP contribution in [0.25, 0.3) is 0 Å².